The summed E-state index contributed by atoms with van der Waals surface area (Å²) in [6.45, 7) is 0. The summed E-state index contributed by atoms with van der Waals surface area (Å²) in [5, 5.41) is 50.2. The van der Waals surface area contributed by atoms with Gasteiger partial charge in [0.15, 0.2) is 0 Å². The first-order valence-electron chi connectivity index (χ1n) is 14.1. The number of benzene rings is 6. The van der Waals surface area contributed by atoms with Crippen molar-refractivity contribution in [2.45, 2.75) is 0 Å². The highest BCUT2D eigenvalue weighted by Gasteiger charge is 2.25. The van der Waals surface area contributed by atoms with Crippen LogP contribution in [-0.2, 0) is 0 Å². The third-order valence-corrected chi connectivity index (χ3v) is 7.64. The van der Waals surface area contributed by atoms with E-state index in [9.17, 15) is 40.5 Å². The van der Waals surface area contributed by atoms with Gasteiger partial charge in [-0.2, -0.15) is 0 Å². The normalized spacial score (nSPS) is 11.4. The summed E-state index contributed by atoms with van der Waals surface area (Å²) in [4.78, 5) is 53.4. The molecule has 6 rings (SSSR count). The van der Waals surface area contributed by atoms with Crippen LogP contribution in [0.5, 0.6) is 0 Å². The second-order valence-corrected chi connectivity index (χ2v) is 10.3. The monoisotopic (exact) mass is 640 g/mol. The average molecular weight is 641 g/mol. The van der Waals surface area contributed by atoms with Crippen LogP contribution in [0.15, 0.2) is 119 Å². The van der Waals surface area contributed by atoms with E-state index in [2.05, 4.69) is 9.98 Å². The second kappa shape index (κ2) is 12.6. The summed E-state index contributed by atoms with van der Waals surface area (Å²) >= 11 is 0. The number of aliphatic imine (C=N–C) groups is 2. The lowest BCUT2D eigenvalue weighted by Gasteiger charge is -2.16. The maximum atomic E-state index is 11.8. The Morgan fingerprint density at radius 3 is 1.08 bits per heavy atom. The molecule has 48 heavy (non-hydrogen) atoms. The van der Waals surface area contributed by atoms with Gasteiger partial charge in [-0.05, 0) is 45.8 Å². The fourth-order valence-electron chi connectivity index (χ4n) is 5.51. The zero-order chi connectivity index (χ0) is 33.9. The van der Waals surface area contributed by atoms with Crippen molar-refractivity contribution in [2.24, 2.45) is 9.98 Å². The number of nitro benzene ring substituents is 4. The van der Waals surface area contributed by atoms with Crippen LogP contribution in [0.2, 0.25) is 0 Å². The van der Waals surface area contributed by atoms with Gasteiger partial charge in [0, 0.05) is 47.8 Å². The summed E-state index contributed by atoms with van der Waals surface area (Å²) in [6, 6.07) is 28.6. The molecule has 14 nitrogen and oxygen atoms in total. The fraction of sp³-hybridized carbons (Fsp3) is 0. The van der Waals surface area contributed by atoms with Crippen LogP contribution in [0, 0.1) is 40.5 Å². The van der Waals surface area contributed by atoms with Gasteiger partial charge in [-0.15, -0.1) is 0 Å². The van der Waals surface area contributed by atoms with E-state index in [-0.39, 0.29) is 22.5 Å². The van der Waals surface area contributed by atoms with Crippen molar-refractivity contribution in [1.29, 1.82) is 0 Å². The first-order valence-corrected chi connectivity index (χ1v) is 14.1. The largest absolute Gasteiger partial charge is 0.285 e. The lowest BCUT2D eigenvalue weighted by atomic mass is 9.91. The first kappa shape index (κ1) is 30.8. The van der Waals surface area contributed by atoms with Gasteiger partial charge in [0.05, 0.1) is 31.1 Å². The molecule has 0 radical (unpaired) electrons. The van der Waals surface area contributed by atoms with Crippen molar-refractivity contribution in [2.75, 3.05) is 0 Å². The average Bonchev–Trinajstić information content (AvgIpc) is 3.08. The van der Waals surface area contributed by atoms with Gasteiger partial charge >= 0.3 is 0 Å². The lowest BCUT2D eigenvalue weighted by molar-refractivity contribution is -0.394. The smallest absolute Gasteiger partial charge is 0.258 e. The van der Waals surface area contributed by atoms with Crippen molar-refractivity contribution in [3.8, 4) is 11.1 Å². The molecule has 0 unspecified atom stereocenters. The van der Waals surface area contributed by atoms with Crippen LogP contribution < -0.4 is 0 Å². The van der Waals surface area contributed by atoms with E-state index in [1.165, 1.54) is 12.1 Å². The maximum absolute atomic E-state index is 11.8. The van der Waals surface area contributed by atoms with Gasteiger partial charge in [0.25, 0.3) is 22.7 Å². The number of fused-ring (bicyclic) bond motifs is 2. The molecule has 0 fully saturated rings. The molecule has 6 aromatic carbocycles. The molecule has 6 aromatic rings. The molecule has 0 N–H and O–H groups in total. The van der Waals surface area contributed by atoms with E-state index in [0.717, 1.165) is 47.5 Å². The van der Waals surface area contributed by atoms with Gasteiger partial charge in [-0.25, -0.2) is 0 Å². The van der Waals surface area contributed by atoms with E-state index in [4.69, 9.17) is 0 Å². The molecule has 0 aromatic heterocycles. The highest BCUT2D eigenvalue weighted by atomic mass is 16.6. The summed E-state index contributed by atoms with van der Waals surface area (Å²) in [7, 11) is 0. The summed E-state index contributed by atoms with van der Waals surface area (Å²) in [6.07, 6.45) is 2.16. The number of hydrogen-bond donors (Lipinski definition) is 0. The summed E-state index contributed by atoms with van der Waals surface area (Å²) < 4.78 is 0. The third kappa shape index (κ3) is 5.67. The molecular weight excluding hydrogens is 620 g/mol. The predicted octanol–water partition coefficient (Wildman–Crippen LogP) is 8.79. The van der Waals surface area contributed by atoms with Crippen molar-refractivity contribution in [3.05, 3.63) is 161 Å². The van der Waals surface area contributed by atoms with E-state index in [0.29, 0.717) is 21.9 Å². The van der Waals surface area contributed by atoms with Crippen LogP contribution in [0.3, 0.4) is 0 Å². The molecule has 0 spiro atoms. The molecule has 234 valence electrons. The van der Waals surface area contributed by atoms with Crippen LogP contribution >= 0.6 is 0 Å². The topological polar surface area (TPSA) is 197 Å². The van der Waals surface area contributed by atoms with Crippen LogP contribution in [0.4, 0.5) is 34.1 Å². The Kier molecular flexibility index (Phi) is 8.11. The maximum Gasteiger partial charge on any atom is 0.285 e. The molecule has 0 aliphatic heterocycles. The highest BCUT2D eigenvalue weighted by Crippen LogP contribution is 2.46. The van der Waals surface area contributed by atoms with Crippen LogP contribution in [0.1, 0.15) is 11.1 Å². The van der Waals surface area contributed by atoms with E-state index < -0.39 is 42.4 Å². The molecule has 0 aliphatic rings. The van der Waals surface area contributed by atoms with Crippen molar-refractivity contribution >= 4 is 68.1 Å². The standard InChI is InChI=1S/C34H20N6O8/c41-37(42)29-11-5-12-30(38(43)44)25(29)19-35-27-17-15-21-7-1-3-9-23(21)33(27)34-24-10-4-2-8-22(24)16-18-28(34)36-20-26-31(39(45)46)13-6-14-32(26)40(47)48/h1-20H. The SMILES string of the molecule is O=[N+]([O-])c1cccc([N+](=O)[O-])c1C=Nc1ccc2ccccc2c1-c1c(N=Cc2c([N+](=O)[O-])cccc2[N+](=O)[O-])ccc2ccccc12. The number of nitro groups is 4. The van der Waals surface area contributed by atoms with E-state index in [1.54, 1.807) is 36.4 Å². The second-order valence-electron chi connectivity index (χ2n) is 10.3. The molecular formula is C34H20N6O8. The fourth-order valence-corrected chi connectivity index (χ4v) is 5.51. The minimum Gasteiger partial charge on any atom is -0.258 e. The summed E-state index contributed by atoms with van der Waals surface area (Å²) in [5.74, 6) is 0. The van der Waals surface area contributed by atoms with Gasteiger partial charge in [0.2, 0.25) is 0 Å². The number of nitrogens with zero attached hydrogens (tertiary/aromatic N) is 6. The van der Waals surface area contributed by atoms with Gasteiger partial charge < -0.3 is 0 Å². The van der Waals surface area contributed by atoms with Crippen molar-refractivity contribution < 1.29 is 19.7 Å². The highest BCUT2D eigenvalue weighted by molar-refractivity contribution is 6.14. The Morgan fingerprint density at radius 1 is 0.417 bits per heavy atom. The lowest BCUT2D eigenvalue weighted by Crippen LogP contribution is -2.00. The van der Waals surface area contributed by atoms with Gasteiger partial charge in [-0.3, -0.25) is 50.4 Å². The number of hydrogen-bond acceptors (Lipinski definition) is 10. The van der Waals surface area contributed by atoms with E-state index >= 15 is 0 Å². The van der Waals surface area contributed by atoms with Crippen molar-refractivity contribution in [3.63, 3.8) is 0 Å². The molecule has 0 bridgehead atoms. The van der Waals surface area contributed by atoms with Crippen LogP contribution in [-0.4, -0.2) is 32.1 Å². The van der Waals surface area contributed by atoms with Crippen LogP contribution in [0.25, 0.3) is 32.7 Å². The Labute approximate surface area is 269 Å². The quantitative estimate of drug-likeness (QED) is 0.0848. The zero-order valence-electron chi connectivity index (χ0n) is 24.5. The Hall–Kier alpha value is -7.22. The minimum absolute atomic E-state index is 0.283. The minimum atomic E-state index is -0.727. The third-order valence-electron chi connectivity index (χ3n) is 7.64. The molecule has 14 heteroatoms. The Balaban J connectivity index is 1.66. The predicted molar refractivity (Wildman–Crippen MR) is 181 cm³/mol. The molecule has 0 heterocycles. The molecule has 0 saturated heterocycles. The molecule has 0 saturated carbocycles. The molecule has 0 amide bonds. The number of rotatable bonds is 9. The molecule has 0 atom stereocenters. The van der Waals surface area contributed by atoms with E-state index in [1.807, 2.05) is 36.4 Å². The van der Waals surface area contributed by atoms with Crippen molar-refractivity contribution in [1.82, 2.24) is 0 Å². The van der Waals surface area contributed by atoms with Gasteiger partial charge in [0.1, 0.15) is 11.1 Å². The molecule has 0 aliphatic carbocycles. The Bertz CT molecular complexity index is 2160. The van der Waals surface area contributed by atoms with Gasteiger partial charge in [-0.1, -0.05) is 60.7 Å². The summed E-state index contributed by atoms with van der Waals surface area (Å²) in [5.41, 5.74) is -1.03. The first-order chi connectivity index (χ1) is 23.2. The Morgan fingerprint density at radius 2 is 0.750 bits per heavy atom. The zero-order valence-corrected chi connectivity index (χ0v) is 24.5.